The summed E-state index contributed by atoms with van der Waals surface area (Å²) in [6.45, 7) is 7.59. The Kier molecular flexibility index (Phi) is 10.1. The molecule has 10 nitrogen and oxygen atoms in total. The molecule has 0 spiro atoms. The summed E-state index contributed by atoms with van der Waals surface area (Å²) in [5, 5.41) is 4.79. The fraction of sp³-hybridized carbons (Fsp3) is 0.519. The number of para-hydroxylation sites is 2. The number of hydrogen-bond acceptors (Lipinski definition) is 7. The number of ether oxygens (including phenoxy) is 1. The van der Waals surface area contributed by atoms with Gasteiger partial charge in [0.15, 0.2) is 0 Å². The van der Waals surface area contributed by atoms with Crippen molar-refractivity contribution in [3.8, 4) is 0 Å². The van der Waals surface area contributed by atoms with Crippen LogP contribution in [-0.4, -0.2) is 84.2 Å². The predicted molar refractivity (Wildman–Crippen MR) is 144 cm³/mol. The number of pyridine rings is 1. The Labute approximate surface area is 219 Å². The number of urea groups is 1. The molecule has 2 fully saturated rings. The van der Waals surface area contributed by atoms with Crippen molar-refractivity contribution >= 4 is 23.3 Å². The van der Waals surface area contributed by atoms with E-state index >= 15 is 0 Å². The molecule has 0 radical (unpaired) electrons. The van der Waals surface area contributed by atoms with Gasteiger partial charge in [-0.25, -0.2) is 9.80 Å². The molecule has 2 aliphatic heterocycles. The summed E-state index contributed by atoms with van der Waals surface area (Å²) in [6.07, 6.45) is 6.97. The SMILES string of the molecule is Nc1ccccc1NC(=O)c1ccc(CN(CCCCCN2CCOCC2)C(=O)NN2CCCC2)cn1. The quantitative estimate of drug-likeness (QED) is 0.315. The molecule has 4 rings (SSSR count). The molecular weight excluding hydrogens is 470 g/mol. The number of anilines is 2. The molecule has 0 unspecified atom stereocenters. The van der Waals surface area contributed by atoms with Crippen LogP contribution in [0.25, 0.3) is 0 Å². The third-order valence-corrected chi connectivity index (χ3v) is 6.79. The van der Waals surface area contributed by atoms with Crippen molar-refractivity contribution in [2.45, 2.75) is 38.6 Å². The van der Waals surface area contributed by atoms with E-state index in [1.807, 2.05) is 28.1 Å². The van der Waals surface area contributed by atoms with Crippen molar-refractivity contribution in [2.75, 3.05) is 63.5 Å². The lowest BCUT2D eigenvalue weighted by molar-refractivity contribution is 0.0370. The van der Waals surface area contributed by atoms with Gasteiger partial charge in [0.2, 0.25) is 0 Å². The van der Waals surface area contributed by atoms with E-state index in [0.29, 0.717) is 30.2 Å². The van der Waals surface area contributed by atoms with Gasteiger partial charge in [0.25, 0.3) is 5.91 Å². The standard InChI is InChI=1S/C27H39N7O3/c28-23-8-2-3-9-24(23)30-26(35)25-11-10-22(20-29-25)21-33(27(36)31-34-14-6-7-15-34)13-5-1-4-12-32-16-18-37-19-17-32/h2-3,8-11,20H,1,4-7,12-19,21,28H2,(H,30,35)(H,31,36). The molecule has 0 saturated carbocycles. The van der Waals surface area contributed by atoms with E-state index in [-0.39, 0.29) is 11.9 Å². The average Bonchev–Trinajstić information content (AvgIpc) is 3.43. The Morgan fingerprint density at radius 1 is 1.00 bits per heavy atom. The van der Waals surface area contributed by atoms with Crippen molar-refractivity contribution in [3.63, 3.8) is 0 Å². The van der Waals surface area contributed by atoms with E-state index in [0.717, 1.165) is 83.6 Å². The van der Waals surface area contributed by atoms with Crippen LogP contribution < -0.4 is 16.5 Å². The van der Waals surface area contributed by atoms with Gasteiger partial charge in [-0.05, 0) is 56.0 Å². The Balaban J connectivity index is 1.30. The molecule has 2 saturated heterocycles. The molecule has 1 aromatic heterocycles. The van der Waals surface area contributed by atoms with Crippen LogP contribution in [0.3, 0.4) is 0 Å². The summed E-state index contributed by atoms with van der Waals surface area (Å²) in [5.41, 5.74) is 11.2. The van der Waals surface area contributed by atoms with Crippen molar-refractivity contribution in [1.82, 2.24) is 25.2 Å². The Morgan fingerprint density at radius 3 is 2.51 bits per heavy atom. The summed E-state index contributed by atoms with van der Waals surface area (Å²) in [6, 6.07) is 10.6. The van der Waals surface area contributed by atoms with Crippen LogP contribution in [0, 0.1) is 0 Å². The Hall–Kier alpha value is -3.21. The number of hydrogen-bond donors (Lipinski definition) is 3. The number of morpholine rings is 1. The predicted octanol–water partition coefficient (Wildman–Crippen LogP) is 2.94. The van der Waals surface area contributed by atoms with Crippen LogP contribution >= 0.6 is 0 Å². The van der Waals surface area contributed by atoms with Gasteiger partial charge < -0.3 is 20.7 Å². The topological polar surface area (TPSA) is 116 Å². The molecule has 37 heavy (non-hydrogen) atoms. The number of carbonyl (C=O) groups is 2. The van der Waals surface area contributed by atoms with Crippen LogP contribution in [0.15, 0.2) is 42.6 Å². The second-order valence-corrected chi connectivity index (χ2v) is 9.64. The van der Waals surface area contributed by atoms with Crippen LogP contribution in [0.4, 0.5) is 16.2 Å². The fourth-order valence-electron chi connectivity index (χ4n) is 4.60. The molecule has 0 aliphatic carbocycles. The highest BCUT2D eigenvalue weighted by Crippen LogP contribution is 2.18. The third-order valence-electron chi connectivity index (χ3n) is 6.79. The summed E-state index contributed by atoms with van der Waals surface area (Å²) in [5.74, 6) is -0.326. The maximum Gasteiger partial charge on any atom is 0.332 e. The second-order valence-electron chi connectivity index (χ2n) is 9.64. The van der Waals surface area contributed by atoms with Crippen molar-refractivity contribution in [2.24, 2.45) is 0 Å². The molecular formula is C27H39N7O3. The zero-order chi connectivity index (χ0) is 25.9. The van der Waals surface area contributed by atoms with Crippen LogP contribution in [0.5, 0.6) is 0 Å². The summed E-state index contributed by atoms with van der Waals surface area (Å²) in [7, 11) is 0. The van der Waals surface area contributed by atoms with E-state index in [1.165, 1.54) is 0 Å². The lowest BCUT2D eigenvalue weighted by Crippen LogP contribution is -2.48. The first kappa shape index (κ1) is 26.8. The lowest BCUT2D eigenvalue weighted by Gasteiger charge is -2.27. The van der Waals surface area contributed by atoms with Gasteiger partial charge in [0, 0.05) is 45.5 Å². The molecule has 2 aliphatic rings. The van der Waals surface area contributed by atoms with Gasteiger partial charge in [0.1, 0.15) is 5.69 Å². The molecule has 10 heteroatoms. The first-order valence-electron chi connectivity index (χ1n) is 13.3. The molecule has 2 aromatic rings. The zero-order valence-electron chi connectivity index (χ0n) is 21.5. The number of amides is 3. The number of hydrazine groups is 1. The third kappa shape index (κ3) is 8.41. The van der Waals surface area contributed by atoms with Gasteiger partial charge >= 0.3 is 6.03 Å². The monoisotopic (exact) mass is 509 g/mol. The summed E-state index contributed by atoms with van der Waals surface area (Å²) in [4.78, 5) is 34.3. The maximum atomic E-state index is 13.1. The number of aromatic nitrogens is 1. The second kappa shape index (κ2) is 13.9. The van der Waals surface area contributed by atoms with Crippen molar-refractivity contribution < 1.29 is 14.3 Å². The molecule has 3 heterocycles. The van der Waals surface area contributed by atoms with E-state index in [9.17, 15) is 9.59 Å². The minimum atomic E-state index is -0.326. The van der Waals surface area contributed by atoms with Gasteiger partial charge in [0.05, 0.1) is 24.6 Å². The highest BCUT2D eigenvalue weighted by Gasteiger charge is 2.20. The molecule has 200 valence electrons. The highest BCUT2D eigenvalue weighted by molar-refractivity contribution is 6.04. The Bertz CT molecular complexity index is 1010. The minimum Gasteiger partial charge on any atom is -0.397 e. The number of carbonyl (C=O) groups excluding carboxylic acids is 2. The van der Waals surface area contributed by atoms with Crippen molar-refractivity contribution in [1.29, 1.82) is 0 Å². The fourth-order valence-corrected chi connectivity index (χ4v) is 4.60. The number of nitrogen functional groups attached to an aromatic ring is 1. The van der Waals surface area contributed by atoms with E-state index < -0.39 is 0 Å². The van der Waals surface area contributed by atoms with Crippen LogP contribution in [0.1, 0.15) is 48.2 Å². The van der Waals surface area contributed by atoms with Crippen molar-refractivity contribution in [3.05, 3.63) is 53.9 Å². The normalized spacial score (nSPS) is 16.4. The number of nitrogens with one attached hydrogen (secondary N) is 2. The molecule has 0 atom stereocenters. The summed E-state index contributed by atoms with van der Waals surface area (Å²) < 4.78 is 5.42. The minimum absolute atomic E-state index is 0.0866. The van der Waals surface area contributed by atoms with Crippen LogP contribution in [-0.2, 0) is 11.3 Å². The number of nitrogens with zero attached hydrogens (tertiary/aromatic N) is 4. The number of benzene rings is 1. The van der Waals surface area contributed by atoms with Gasteiger partial charge in [-0.1, -0.05) is 24.6 Å². The van der Waals surface area contributed by atoms with E-state index in [1.54, 1.807) is 24.4 Å². The molecule has 1 aromatic carbocycles. The smallest absolute Gasteiger partial charge is 0.332 e. The Morgan fingerprint density at radius 2 is 1.78 bits per heavy atom. The first-order chi connectivity index (χ1) is 18.1. The van der Waals surface area contributed by atoms with Gasteiger partial charge in [-0.3, -0.25) is 20.1 Å². The van der Waals surface area contributed by atoms with E-state index in [4.69, 9.17) is 10.5 Å². The number of nitrogens with two attached hydrogens (primary N) is 1. The highest BCUT2D eigenvalue weighted by atomic mass is 16.5. The summed E-state index contributed by atoms with van der Waals surface area (Å²) >= 11 is 0. The van der Waals surface area contributed by atoms with Crippen LogP contribution in [0.2, 0.25) is 0 Å². The van der Waals surface area contributed by atoms with Gasteiger partial charge in [-0.2, -0.15) is 0 Å². The van der Waals surface area contributed by atoms with Gasteiger partial charge in [-0.15, -0.1) is 0 Å². The maximum absolute atomic E-state index is 13.1. The van der Waals surface area contributed by atoms with E-state index in [2.05, 4.69) is 20.6 Å². The molecule has 4 N–H and O–H groups in total. The average molecular weight is 510 g/mol. The number of unbranched alkanes of at least 4 members (excludes halogenated alkanes) is 2. The first-order valence-corrected chi connectivity index (χ1v) is 13.3. The largest absolute Gasteiger partial charge is 0.397 e. The lowest BCUT2D eigenvalue weighted by atomic mass is 10.2. The molecule has 0 bridgehead atoms. The zero-order valence-corrected chi connectivity index (χ0v) is 21.5. The number of rotatable bonds is 11. The molecule has 3 amide bonds.